The Bertz CT molecular complexity index is 1180. The number of morpholine rings is 2. The molecule has 0 N–H and O–H groups in total. The number of ether oxygens (including phenoxy) is 2. The number of nitriles is 1. The Kier molecular flexibility index (Phi) is 5.83. The van der Waals surface area contributed by atoms with Crippen LogP contribution in [0.5, 0.6) is 0 Å². The second kappa shape index (κ2) is 8.93. The van der Waals surface area contributed by atoms with E-state index in [0.717, 1.165) is 42.1 Å². The van der Waals surface area contributed by atoms with Gasteiger partial charge in [-0.05, 0) is 45.0 Å². The molecule has 8 nitrogen and oxygen atoms in total. The number of aromatic nitrogens is 3. The highest BCUT2D eigenvalue weighted by atomic mass is 16.5. The van der Waals surface area contributed by atoms with Crippen molar-refractivity contribution in [3.05, 3.63) is 42.0 Å². The molecule has 0 amide bonds. The van der Waals surface area contributed by atoms with Crippen LogP contribution < -0.4 is 9.80 Å². The van der Waals surface area contributed by atoms with E-state index in [2.05, 4.69) is 42.7 Å². The van der Waals surface area contributed by atoms with Crippen molar-refractivity contribution >= 4 is 22.8 Å². The monoisotopic (exact) mass is 444 g/mol. The zero-order valence-electron chi connectivity index (χ0n) is 19.2. The summed E-state index contributed by atoms with van der Waals surface area (Å²) in [5.74, 6) is 1.58. The molecule has 5 rings (SSSR count). The third kappa shape index (κ3) is 4.34. The minimum atomic E-state index is 0.108. The van der Waals surface area contributed by atoms with Gasteiger partial charge in [-0.3, -0.25) is 0 Å². The van der Waals surface area contributed by atoms with Gasteiger partial charge in [0.15, 0.2) is 5.65 Å². The third-order valence-corrected chi connectivity index (χ3v) is 6.18. The second-order valence-electron chi connectivity index (χ2n) is 8.88. The quantitative estimate of drug-likeness (QED) is 0.607. The highest BCUT2D eigenvalue weighted by Crippen LogP contribution is 2.31. The summed E-state index contributed by atoms with van der Waals surface area (Å²) in [7, 11) is 0. The first-order chi connectivity index (χ1) is 16.0. The fraction of sp³-hybridized carbons (Fsp3) is 0.440. The van der Waals surface area contributed by atoms with E-state index in [9.17, 15) is 0 Å². The summed E-state index contributed by atoms with van der Waals surface area (Å²) in [4.78, 5) is 19.4. The topological polar surface area (TPSA) is 87.4 Å². The molecule has 3 aromatic rings. The maximum absolute atomic E-state index is 9.10. The Hall–Kier alpha value is -3.28. The van der Waals surface area contributed by atoms with Crippen LogP contribution in [0.2, 0.25) is 0 Å². The number of nitrogens with zero attached hydrogens (tertiary/aromatic N) is 6. The van der Waals surface area contributed by atoms with E-state index >= 15 is 0 Å². The first-order valence-corrected chi connectivity index (χ1v) is 11.5. The lowest BCUT2D eigenvalue weighted by Crippen LogP contribution is -2.47. The predicted octanol–water partition coefficient (Wildman–Crippen LogP) is 3.40. The van der Waals surface area contributed by atoms with Gasteiger partial charge in [0.05, 0.1) is 54.2 Å². The number of anilines is 2. The zero-order valence-corrected chi connectivity index (χ0v) is 19.2. The van der Waals surface area contributed by atoms with E-state index < -0.39 is 0 Å². The fourth-order valence-corrected chi connectivity index (χ4v) is 4.60. The van der Waals surface area contributed by atoms with E-state index in [4.69, 9.17) is 29.7 Å². The summed E-state index contributed by atoms with van der Waals surface area (Å²) in [6.07, 6.45) is 0.216. The molecular formula is C25H28N6O2. The van der Waals surface area contributed by atoms with Crippen molar-refractivity contribution in [3.8, 4) is 17.3 Å². The molecule has 0 aliphatic carbocycles. The van der Waals surface area contributed by atoms with E-state index in [-0.39, 0.29) is 18.2 Å². The number of hydrogen-bond acceptors (Lipinski definition) is 8. The summed E-state index contributed by atoms with van der Waals surface area (Å²) in [5.41, 5.74) is 3.07. The number of hydrogen-bond donors (Lipinski definition) is 0. The van der Waals surface area contributed by atoms with Crippen LogP contribution in [0.4, 0.5) is 11.8 Å². The molecule has 2 saturated heterocycles. The lowest BCUT2D eigenvalue weighted by atomic mass is 10.1. The number of pyridine rings is 1. The average Bonchev–Trinajstić information content (AvgIpc) is 2.83. The Morgan fingerprint density at radius 2 is 1.73 bits per heavy atom. The average molecular weight is 445 g/mol. The van der Waals surface area contributed by atoms with Gasteiger partial charge >= 0.3 is 0 Å². The van der Waals surface area contributed by atoms with Crippen molar-refractivity contribution in [1.29, 1.82) is 5.26 Å². The van der Waals surface area contributed by atoms with E-state index in [0.29, 0.717) is 30.4 Å². The van der Waals surface area contributed by atoms with E-state index in [1.54, 1.807) is 0 Å². The molecular weight excluding hydrogens is 416 g/mol. The Morgan fingerprint density at radius 3 is 2.42 bits per heavy atom. The standard InChI is InChI=1S/C25H28N6O2/c1-16-15-32-11-10-31(16)24-21-8-9-22(20-6-4-19(12-26)5-7-20)27-23(21)28-25(29-24)30-13-17(2)33-18(3)14-30/h4-9,16-18H,10-11,13-15H2,1-3H3/t16-,17-,18+/m0/s1. The molecule has 8 heteroatoms. The minimum absolute atomic E-state index is 0.108. The number of fused-ring (bicyclic) bond motifs is 1. The maximum atomic E-state index is 9.10. The van der Waals surface area contributed by atoms with Crippen LogP contribution >= 0.6 is 0 Å². The third-order valence-electron chi connectivity index (χ3n) is 6.18. The molecule has 2 aromatic heterocycles. The molecule has 1 aromatic carbocycles. The highest BCUT2D eigenvalue weighted by molar-refractivity contribution is 5.90. The van der Waals surface area contributed by atoms with E-state index in [1.165, 1.54) is 0 Å². The number of rotatable bonds is 3. The van der Waals surface area contributed by atoms with Gasteiger partial charge in [0, 0.05) is 25.2 Å². The molecule has 3 atom stereocenters. The molecule has 33 heavy (non-hydrogen) atoms. The maximum Gasteiger partial charge on any atom is 0.229 e. The van der Waals surface area contributed by atoms with Gasteiger partial charge in [-0.1, -0.05) is 12.1 Å². The number of benzene rings is 1. The van der Waals surface area contributed by atoms with Crippen molar-refractivity contribution in [1.82, 2.24) is 15.0 Å². The first kappa shape index (κ1) is 21.6. The van der Waals surface area contributed by atoms with Crippen LogP contribution in [-0.4, -0.2) is 66.0 Å². The van der Waals surface area contributed by atoms with Crippen LogP contribution in [0, 0.1) is 11.3 Å². The molecule has 0 saturated carbocycles. The summed E-state index contributed by atoms with van der Waals surface area (Å²) in [5, 5.41) is 10.0. The van der Waals surface area contributed by atoms with Crippen molar-refractivity contribution in [2.24, 2.45) is 0 Å². The molecule has 2 fully saturated rings. The molecule has 2 aliphatic heterocycles. The summed E-state index contributed by atoms with van der Waals surface area (Å²) >= 11 is 0. The van der Waals surface area contributed by atoms with Gasteiger partial charge < -0.3 is 19.3 Å². The smallest absolute Gasteiger partial charge is 0.229 e. The van der Waals surface area contributed by atoms with Crippen LogP contribution in [0.25, 0.3) is 22.3 Å². The highest BCUT2D eigenvalue weighted by Gasteiger charge is 2.28. The van der Waals surface area contributed by atoms with Gasteiger partial charge in [-0.2, -0.15) is 15.2 Å². The van der Waals surface area contributed by atoms with Crippen LogP contribution in [0.3, 0.4) is 0 Å². The van der Waals surface area contributed by atoms with Crippen LogP contribution in [0.15, 0.2) is 36.4 Å². The lowest BCUT2D eigenvalue weighted by molar-refractivity contribution is -0.00570. The van der Waals surface area contributed by atoms with Gasteiger partial charge in [-0.25, -0.2) is 4.98 Å². The predicted molar refractivity (Wildman–Crippen MR) is 127 cm³/mol. The van der Waals surface area contributed by atoms with E-state index in [1.807, 2.05) is 30.3 Å². The zero-order chi connectivity index (χ0) is 22.9. The van der Waals surface area contributed by atoms with Crippen molar-refractivity contribution in [2.45, 2.75) is 39.0 Å². The molecule has 2 aliphatic rings. The van der Waals surface area contributed by atoms with Gasteiger partial charge in [0.25, 0.3) is 0 Å². The van der Waals surface area contributed by atoms with Gasteiger partial charge in [0.1, 0.15) is 5.82 Å². The fourth-order valence-electron chi connectivity index (χ4n) is 4.60. The second-order valence-corrected chi connectivity index (χ2v) is 8.88. The Morgan fingerprint density at radius 1 is 0.970 bits per heavy atom. The lowest BCUT2D eigenvalue weighted by Gasteiger charge is -2.37. The molecule has 0 radical (unpaired) electrons. The largest absolute Gasteiger partial charge is 0.377 e. The van der Waals surface area contributed by atoms with Crippen molar-refractivity contribution in [3.63, 3.8) is 0 Å². The normalized spacial score (nSPS) is 23.5. The molecule has 0 unspecified atom stereocenters. The van der Waals surface area contributed by atoms with Crippen molar-refractivity contribution in [2.75, 3.05) is 42.6 Å². The summed E-state index contributed by atoms with van der Waals surface area (Å²) < 4.78 is 11.6. The Labute approximate surface area is 193 Å². The molecule has 170 valence electrons. The van der Waals surface area contributed by atoms with Gasteiger partial charge in [0.2, 0.25) is 5.95 Å². The molecule has 0 spiro atoms. The molecule has 0 bridgehead atoms. The SMILES string of the molecule is C[C@@H]1CN(c2nc(N3CCOC[C@@H]3C)c3ccc(-c4ccc(C#N)cc4)nc3n2)C[C@H](C)O1. The first-order valence-electron chi connectivity index (χ1n) is 11.5. The van der Waals surface area contributed by atoms with Crippen LogP contribution in [-0.2, 0) is 9.47 Å². The van der Waals surface area contributed by atoms with Gasteiger partial charge in [-0.15, -0.1) is 0 Å². The minimum Gasteiger partial charge on any atom is -0.377 e. The summed E-state index contributed by atoms with van der Waals surface area (Å²) in [6, 6.07) is 13.9. The molecule has 4 heterocycles. The van der Waals surface area contributed by atoms with Crippen LogP contribution in [0.1, 0.15) is 26.3 Å². The Balaban J connectivity index is 1.62. The van der Waals surface area contributed by atoms with Crippen molar-refractivity contribution < 1.29 is 9.47 Å². The summed E-state index contributed by atoms with van der Waals surface area (Å²) in [6.45, 7) is 9.92.